The molecule has 16 heavy (non-hydrogen) atoms. The van der Waals surface area contributed by atoms with Gasteiger partial charge in [0.05, 0.1) is 0 Å². The van der Waals surface area contributed by atoms with Gasteiger partial charge >= 0.3 is 11.7 Å². The van der Waals surface area contributed by atoms with Crippen molar-refractivity contribution in [1.82, 2.24) is 9.55 Å². The van der Waals surface area contributed by atoms with E-state index >= 15 is 0 Å². The number of thioether (sulfide) groups is 1. The van der Waals surface area contributed by atoms with Gasteiger partial charge in [0.1, 0.15) is 6.23 Å². The Balaban J connectivity index is 2.24. The molecule has 1 aromatic rings. The lowest BCUT2D eigenvalue weighted by molar-refractivity contribution is -0.147. The van der Waals surface area contributed by atoms with Crippen molar-refractivity contribution in [2.45, 2.75) is 11.7 Å². The number of aromatic nitrogens is 2. The summed E-state index contributed by atoms with van der Waals surface area (Å²) in [4.78, 5) is 34.9. The minimum absolute atomic E-state index is 0.350. The highest BCUT2D eigenvalue weighted by molar-refractivity contribution is 8.00. The van der Waals surface area contributed by atoms with E-state index in [9.17, 15) is 14.4 Å². The number of H-pyrrole nitrogens is 1. The van der Waals surface area contributed by atoms with E-state index in [1.54, 1.807) is 0 Å². The van der Waals surface area contributed by atoms with Crippen LogP contribution < -0.4 is 11.2 Å². The first-order valence-electron chi connectivity index (χ1n) is 4.39. The molecule has 0 aromatic carbocycles. The van der Waals surface area contributed by atoms with Gasteiger partial charge in [0, 0.05) is 18.0 Å². The Kier molecular flexibility index (Phi) is 2.84. The number of hydrogen-bond acceptors (Lipinski definition) is 5. The van der Waals surface area contributed by atoms with E-state index in [-0.39, 0.29) is 0 Å². The van der Waals surface area contributed by atoms with Crippen molar-refractivity contribution >= 4 is 17.7 Å². The molecule has 0 saturated carbocycles. The van der Waals surface area contributed by atoms with Crippen molar-refractivity contribution in [3.8, 4) is 0 Å². The summed E-state index contributed by atoms with van der Waals surface area (Å²) in [5.41, 5.74) is -2.07. The Morgan fingerprint density at radius 2 is 2.38 bits per heavy atom. The van der Waals surface area contributed by atoms with Gasteiger partial charge in [-0.1, -0.05) is 0 Å². The smallest absolute Gasteiger partial charge is 0.343 e. The van der Waals surface area contributed by atoms with Crippen molar-refractivity contribution in [2.75, 3.05) is 5.75 Å². The summed E-state index contributed by atoms with van der Waals surface area (Å²) < 4.78 is 6.30. The quantitative estimate of drug-likeness (QED) is 0.707. The van der Waals surface area contributed by atoms with Gasteiger partial charge < -0.3 is 9.84 Å². The van der Waals surface area contributed by atoms with Crippen molar-refractivity contribution in [3.05, 3.63) is 33.1 Å². The Morgan fingerprint density at radius 1 is 1.62 bits per heavy atom. The second-order valence-corrected chi connectivity index (χ2v) is 4.21. The SMILES string of the molecule is O=C(O)C1OC(n2ccc(=O)[nH]c2=O)CS1. The molecule has 0 bridgehead atoms. The van der Waals surface area contributed by atoms with E-state index in [0.29, 0.717) is 5.75 Å². The van der Waals surface area contributed by atoms with Crippen LogP contribution in [0.1, 0.15) is 6.23 Å². The van der Waals surface area contributed by atoms with Gasteiger partial charge in [-0.25, -0.2) is 9.59 Å². The molecule has 0 amide bonds. The van der Waals surface area contributed by atoms with Crippen molar-refractivity contribution in [1.29, 1.82) is 0 Å². The van der Waals surface area contributed by atoms with E-state index < -0.39 is 28.9 Å². The second-order valence-electron chi connectivity index (χ2n) is 3.11. The van der Waals surface area contributed by atoms with Crippen molar-refractivity contribution in [3.63, 3.8) is 0 Å². The monoisotopic (exact) mass is 244 g/mol. The van der Waals surface area contributed by atoms with E-state index in [4.69, 9.17) is 9.84 Å². The number of carbonyl (C=O) groups is 1. The van der Waals surface area contributed by atoms with Crippen LogP contribution in [0.15, 0.2) is 21.9 Å². The predicted octanol–water partition coefficient (Wildman–Crippen LogP) is -0.791. The lowest BCUT2D eigenvalue weighted by Gasteiger charge is -2.12. The second kappa shape index (κ2) is 4.14. The Morgan fingerprint density at radius 3 is 2.94 bits per heavy atom. The summed E-state index contributed by atoms with van der Waals surface area (Å²) in [5.74, 6) is -0.729. The minimum atomic E-state index is -1.08. The minimum Gasteiger partial charge on any atom is -0.479 e. The van der Waals surface area contributed by atoms with Crippen LogP contribution in [0.2, 0.25) is 0 Å². The average molecular weight is 244 g/mol. The van der Waals surface area contributed by atoms with Crippen LogP contribution in [0.5, 0.6) is 0 Å². The molecule has 7 nitrogen and oxygen atoms in total. The molecule has 1 aromatic heterocycles. The van der Waals surface area contributed by atoms with Crippen LogP contribution in [0, 0.1) is 0 Å². The molecule has 1 saturated heterocycles. The van der Waals surface area contributed by atoms with Gasteiger partial charge in [-0.05, 0) is 0 Å². The third kappa shape index (κ3) is 2.02. The van der Waals surface area contributed by atoms with E-state index in [1.165, 1.54) is 12.3 Å². The fraction of sp³-hybridized carbons (Fsp3) is 0.375. The summed E-state index contributed by atoms with van der Waals surface area (Å²) in [6, 6.07) is 1.18. The number of aromatic amines is 1. The van der Waals surface area contributed by atoms with Gasteiger partial charge in [-0.2, -0.15) is 0 Å². The van der Waals surface area contributed by atoms with Crippen LogP contribution in [-0.2, 0) is 9.53 Å². The summed E-state index contributed by atoms with van der Waals surface area (Å²) >= 11 is 1.09. The highest BCUT2D eigenvalue weighted by Gasteiger charge is 2.32. The molecule has 0 radical (unpaired) electrons. The third-order valence-electron chi connectivity index (χ3n) is 2.03. The lowest BCUT2D eigenvalue weighted by Crippen LogP contribution is -2.32. The summed E-state index contributed by atoms with van der Waals surface area (Å²) in [6.45, 7) is 0. The fourth-order valence-corrected chi connectivity index (χ4v) is 2.25. The van der Waals surface area contributed by atoms with E-state index in [2.05, 4.69) is 4.98 Å². The van der Waals surface area contributed by atoms with Crippen LogP contribution in [-0.4, -0.2) is 31.8 Å². The topological polar surface area (TPSA) is 101 Å². The maximum atomic E-state index is 11.4. The van der Waals surface area contributed by atoms with E-state index in [1.807, 2.05) is 0 Å². The summed E-state index contributed by atoms with van der Waals surface area (Å²) in [5, 5.41) is 8.70. The first-order valence-corrected chi connectivity index (χ1v) is 5.44. The highest BCUT2D eigenvalue weighted by Crippen LogP contribution is 2.30. The van der Waals surface area contributed by atoms with Gasteiger partial charge in [-0.15, -0.1) is 11.8 Å². The molecule has 1 aliphatic rings. The molecular weight excluding hydrogens is 236 g/mol. The highest BCUT2D eigenvalue weighted by atomic mass is 32.2. The number of carboxylic acids is 1. The molecule has 1 aliphatic heterocycles. The van der Waals surface area contributed by atoms with Crippen molar-refractivity contribution < 1.29 is 14.6 Å². The molecule has 1 fully saturated rings. The Bertz CT molecular complexity index is 522. The van der Waals surface area contributed by atoms with Gasteiger partial charge in [-0.3, -0.25) is 14.3 Å². The number of aliphatic carboxylic acids is 1. The zero-order valence-electron chi connectivity index (χ0n) is 7.95. The average Bonchev–Trinajstić information content (AvgIpc) is 2.66. The molecule has 2 rings (SSSR count). The normalized spacial score (nSPS) is 24.5. The summed E-state index contributed by atoms with van der Waals surface area (Å²) in [7, 11) is 0. The first kappa shape index (κ1) is 11.0. The Hall–Kier alpha value is -1.54. The Labute approximate surface area is 93.1 Å². The molecular formula is C8H8N2O5S. The molecule has 86 valence electrons. The molecule has 2 atom stereocenters. The third-order valence-corrected chi connectivity index (χ3v) is 3.13. The zero-order chi connectivity index (χ0) is 11.7. The predicted molar refractivity (Wildman–Crippen MR) is 55.3 cm³/mol. The number of ether oxygens (including phenoxy) is 1. The van der Waals surface area contributed by atoms with Gasteiger partial charge in [0.2, 0.25) is 5.44 Å². The van der Waals surface area contributed by atoms with Crippen LogP contribution >= 0.6 is 11.8 Å². The largest absolute Gasteiger partial charge is 0.479 e. The molecule has 0 spiro atoms. The fourth-order valence-electron chi connectivity index (χ4n) is 1.32. The van der Waals surface area contributed by atoms with Crippen molar-refractivity contribution in [2.24, 2.45) is 0 Å². The number of nitrogens with one attached hydrogen (secondary N) is 1. The van der Waals surface area contributed by atoms with Gasteiger partial charge in [0.25, 0.3) is 5.56 Å². The van der Waals surface area contributed by atoms with Crippen LogP contribution in [0.3, 0.4) is 0 Å². The molecule has 2 heterocycles. The maximum absolute atomic E-state index is 11.4. The number of rotatable bonds is 2. The molecule has 0 aliphatic carbocycles. The number of nitrogens with zero attached hydrogens (tertiary/aromatic N) is 1. The van der Waals surface area contributed by atoms with Crippen LogP contribution in [0.25, 0.3) is 0 Å². The standard InChI is InChI=1S/C8H8N2O5S/c11-4-1-2-10(8(14)9-4)5-3-16-7(15-5)6(12)13/h1-2,5,7H,3H2,(H,12,13)(H,9,11,14). The first-order chi connectivity index (χ1) is 7.58. The van der Waals surface area contributed by atoms with Crippen LogP contribution in [0.4, 0.5) is 0 Å². The number of carboxylic acid groups (broad SMARTS) is 1. The molecule has 2 unspecified atom stereocenters. The summed E-state index contributed by atoms with van der Waals surface area (Å²) in [6.07, 6.45) is 0.631. The lowest BCUT2D eigenvalue weighted by atomic mass is 10.5. The van der Waals surface area contributed by atoms with Gasteiger partial charge in [0.15, 0.2) is 0 Å². The molecule has 8 heteroatoms. The number of hydrogen-bond donors (Lipinski definition) is 2. The zero-order valence-corrected chi connectivity index (χ0v) is 8.77. The van der Waals surface area contributed by atoms with E-state index in [0.717, 1.165) is 16.3 Å². The molecule has 2 N–H and O–H groups in total. The maximum Gasteiger partial charge on any atom is 0.343 e.